The summed E-state index contributed by atoms with van der Waals surface area (Å²) in [5, 5.41) is 6.71. The number of thiazole rings is 1. The lowest BCUT2D eigenvalue weighted by Crippen LogP contribution is -2.26. The summed E-state index contributed by atoms with van der Waals surface area (Å²) < 4.78 is 34.9. The minimum Gasteiger partial charge on any atom is -0.456 e. The number of hydrogen-bond acceptors (Lipinski definition) is 7. The van der Waals surface area contributed by atoms with Crippen molar-refractivity contribution in [2.75, 3.05) is 0 Å². The first-order chi connectivity index (χ1) is 13.8. The van der Waals surface area contributed by atoms with Crippen molar-refractivity contribution in [3.63, 3.8) is 0 Å². The van der Waals surface area contributed by atoms with E-state index < -0.39 is 16.0 Å². The van der Waals surface area contributed by atoms with Gasteiger partial charge in [0.1, 0.15) is 11.6 Å². The van der Waals surface area contributed by atoms with E-state index in [4.69, 9.17) is 4.74 Å². The summed E-state index contributed by atoms with van der Waals surface area (Å²) >= 11 is 4.72. The molecule has 0 amide bonds. The summed E-state index contributed by atoms with van der Waals surface area (Å²) in [5.74, 6) is -0.628. The van der Waals surface area contributed by atoms with E-state index in [1.54, 1.807) is 10.9 Å². The standard InChI is InChI=1S/C18H17BrN4O4S2/c1-23-8-11(7-20-23)17-21-13(10-28-17)9-27-18(24)15-6-14(4-5-16(15)19)29(25,26)22-12-2-3-12/h4-8,10,12,22H,2-3,9H2,1H3. The van der Waals surface area contributed by atoms with Crippen LogP contribution in [0.1, 0.15) is 28.9 Å². The van der Waals surface area contributed by atoms with Gasteiger partial charge in [-0.25, -0.2) is 22.9 Å². The van der Waals surface area contributed by atoms with E-state index in [-0.39, 0.29) is 23.1 Å². The molecule has 0 spiro atoms. The summed E-state index contributed by atoms with van der Waals surface area (Å²) in [6.07, 6.45) is 5.24. The summed E-state index contributed by atoms with van der Waals surface area (Å²) in [5.41, 5.74) is 1.64. The molecular formula is C18H17BrN4O4S2. The average Bonchev–Trinajstić information content (AvgIpc) is 3.17. The smallest absolute Gasteiger partial charge is 0.339 e. The molecule has 1 N–H and O–H groups in total. The van der Waals surface area contributed by atoms with Gasteiger partial charge in [0.25, 0.3) is 0 Å². The van der Waals surface area contributed by atoms with Gasteiger partial charge >= 0.3 is 5.97 Å². The van der Waals surface area contributed by atoms with Gasteiger partial charge in [-0.3, -0.25) is 4.68 Å². The van der Waals surface area contributed by atoms with Crippen molar-refractivity contribution in [3.05, 3.63) is 51.7 Å². The van der Waals surface area contributed by atoms with Crippen LogP contribution in [-0.4, -0.2) is 35.2 Å². The first kappa shape index (κ1) is 20.2. The molecule has 1 saturated carbocycles. The Morgan fingerprint density at radius 3 is 2.90 bits per heavy atom. The highest BCUT2D eigenvalue weighted by Crippen LogP contribution is 2.26. The SMILES string of the molecule is Cn1cc(-c2nc(COC(=O)c3cc(S(=O)(=O)NC4CC4)ccc3Br)cs2)cn1. The second kappa shape index (κ2) is 7.98. The molecule has 0 radical (unpaired) electrons. The van der Waals surface area contributed by atoms with Crippen LogP contribution in [0.15, 0.2) is 45.3 Å². The van der Waals surface area contributed by atoms with Crippen molar-refractivity contribution in [3.8, 4) is 10.6 Å². The second-order valence-electron chi connectivity index (χ2n) is 6.66. The predicted molar refractivity (Wildman–Crippen MR) is 111 cm³/mol. The zero-order chi connectivity index (χ0) is 20.6. The van der Waals surface area contributed by atoms with E-state index in [0.717, 1.165) is 23.4 Å². The van der Waals surface area contributed by atoms with E-state index in [1.165, 1.54) is 29.5 Å². The zero-order valence-electron chi connectivity index (χ0n) is 15.3. The van der Waals surface area contributed by atoms with Gasteiger partial charge in [0.15, 0.2) is 0 Å². The number of carbonyl (C=O) groups is 1. The number of carbonyl (C=O) groups excluding carboxylic acids is 1. The van der Waals surface area contributed by atoms with Crippen LogP contribution in [0.5, 0.6) is 0 Å². The third-order valence-electron chi connectivity index (χ3n) is 4.22. The fourth-order valence-corrected chi connectivity index (χ4v) is 5.09. The second-order valence-corrected chi connectivity index (χ2v) is 10.1. The average molecular weight is 497 g/mol. The van der Waals surface area contributed by atoms with Crippen LogP contribution in [0.3, 0.4) is 0 Å². The molecule has 11 heteroatoms. The number of aryl methyl sites for hydroxylation is 1. The molecule has 1 aliphatic carbocycles. The van der Waals surface area contributed by atoms with Crippen molar-refractivity contribution in [2.24, 2.45) is 7.05 Å². The van der Waals surface area contributed by atoms with Crippen LogP contribution in [0.2, 0.25) is 0 Å². The topological polar surface area (TPSA) is 103 Å². The lowest BCUT2D eigenvalue weighted by Gasteiger charge is -2.09. The highest BCUT2D eigenvalue weighted by atomic mass is 79.9. The summed E-state index contributed by atoms with van der Waals surface area (Å²) in [4.78, 5) is 17.0. The van der Waals surface area contributed by atoms with E-state index >= 15 is 0 Å². The number of nitrogens with zero attached hydrogens (tertiary/aromatic N) is 3. The number of benzene rings is 1. The maximum atomic E-state index is 12.5. The Labute approximate surface area is 180 Å². The maximum Gasteiger partial charge on any atom is 0.339 e. The van der Waals surface area contributed by atoms with E-state index in [0.29, 0.717) is 10.2 Å². The van der Waals surface area contributed by atoms with E-state index in [2.05, 4.69) is 30.7 Å². The molecule has 2 heterocycles. The van der Waals surface area contributed by atoms with Crippen LogP contribution in [0, 0.1) is 0 Å². The Bertz CT molecular complexity index is 1170. The fourth-order valence-electron chi connectivity index (χ4n) is 2.57. The van der Waals surface area contributed by atoms with Crippen LogP contribution < -0.4 is 4.72 Å². The molecule has 0 unspecified atom stereocenters. The van der Waals surface area contributed by atoms with E-state index in [1.807, 2.05) is 18.6 Å². The molecule has 1 aliphatic rings. The molecule has 1 aromatic carbocycles. The van der Waals surface area contributed by atoms with Crippen LogP contribution in [-0.2, 0) is 28.4 Å². The molecular weight excluding hydrogens is 480 g/mol. The van der Waals surface area contributed by atoms with Crippen LogP contribution in [0.4, 0.5) is 0 Å². The number of hydrogen-bond donors (Lipinski definition) is 1. The lowest BCUT2D eigenvalue weighted by atomic mass is 10.2. The minimum atomic E-state index is -3.66. The first-order valence-corrected chi connectivity index (χ1v) is 11.9. The van der Waals surface area contributed by atoms with Gasteiger partial charge in [-0.05, 0) is 47.0 Å². The number of esters is 1. The normalized spacial score (nSPS) is 14.1. The Morgan fingerprint density at radius 2 is 2.21 bits per heavy atom. The minimum absolute atomic E-state index is 0.0145. The van der Waals surface area contributed by atoms with Crippen molar-refractivity contribution in [2.45, 2.75) is 30.4 Å². The molecule has 3 aromatic rings. The Morgan fingerprint density at radius 1 is 1.41 bits per heavy atom. The highest BCUT2D eigenvalue weighted by Gasteiger charge is 2.28. The van der Waals surface area contributed by atoms with Crippen molar-refractivity contribution < 1.29 is 17.9 Å². The van der Waals surface area contributed by atoms with Crippen LogP contribution in [0.25, 0.3) is 10.6 Å². The molecule has 0 aliphatic heterocycles. The molecule has 1 fully saturated rings. The van der Waals surface area contributed by atoms with Gasteiger partial charge in [-0.2, -0.15) is 5.10 Å². The van der Waals surface area contributed by atoms with Gasteiger partial charge in [0, 0.05) is 34.7 Å². The molecule has 8 nitrogen and oxygen atoms in total. The van der Waals surface area contributed by atoms with Crippen molar-refractivity contribution in [1.29, 1.82) is 0 Å². The molecule has 0 saturated heterocycles. The molecule has 4 rings (SSSR count). The maximum absolute atomic E-state index is 12.5. The number of nitrogens with one attached hydrogen (secondary N) is 1. The van der Waals surface area contributed by atoms with Crippen LogP contribution >= 0.6 is 27.3 Å². The third-order valence-corrected chi connectivity index (χ3v) is 7.37. The molecule has 2 aromatic heterocycles. The first-order valence-electron chi connectivity index (χ1n) is 8.74. The largest absolute Gasteiger partial charge is 0.456 e. The summed E-state index contributed by atoms with van der Waals surface area (Å²) in [7, 11) is -1.83. The van der Waals surface area contributed by atoms with Gasteiger partial charge in [-0.15, -0.1) is 11.3 Å². The van der Waals surface area contributed by atoms with Gasteiger partial charge in [0.05, 0.1) is 22.3 Å². The van der Waals surface area contributed by atoms with Gasteiger partial charge in [-0.1, -0.05) is 0 Å². The van der Waals surface area contributed by atoms with Gasteiger partial charge in [0.2, 0.25) is 10.0 Å². The number of aromatic nitrogens is 3. The Balaban J connectivity index is 1.46. The number of rotatable bonds is 7. The third kappa shape index (κ3) is 4.74. The molecule has 0 bridgehead atoms. The van der Waals surface area contributed by atoms with E-state index in [9.17, 15) is 13.2 Å². The molecule has 0 atom stereocenters. The Hall–Kier alpha value is -2.08. The monoisotopic (exact) mass is 496 g/mol. The number of ether oxygens (including phenoxy) is 1. The number of halogens is 1. The summed E-state index contributed by atoms with van der Waals surface area (Å²) in [6, 6.07) is 4.28. The molecule has 152 valence electrons. The molecule has 29 heavy (non-hydrogen) atoms. The predicted octanol–water partition coefficient (Wildman–Crippen LogP) is 3.10. The quantitative estimate of drug-likeness (QED) is 0.504. The van der Waals surface area contributed by atoms with Crippen molar-refractivity contribution in [1.82, 2.24) is 19.5 Å². The summed E-state index contributed by atoms with van der Waals surface area (Å²) in [6.45, 7) is -0.0145. The van der Waals surface area contributed by atoms with Crippen molar-refractivity contribution >= 4 is 43.3 Å². The highest BCUT2D eigenvalue weighted by molar-refractivity contribution is 9.10. The van der Waals surface area contributed by atoms with Gasteiger partial charge < -0.3 is 4.74 Å². The number of sulfonamides is 1. The lowest BCUT2D eigenvalue weighted by molar-refractivity contribution is 0.0467. The zero-order valence-corrected chi connectivity index (χ0v) is 18.6. The Kier molecular flexibility index (Phi) is 5.56. The fraction of sp³-hybridized carbons (Fsp3) is 0.278.